The number of alkyl halides is 3. The van der Waals surface area contributed by atoms with E-state index in [2.05, 4.69) is 38.5 Å². The highest BCUT2D eigenvalue weighted by atomic mass is 27.0. The van der Waals surface area contributed by atoms with Crippen molar-refractivity contribution in [2.45, 2.75) is 41.7 Å². The number of piperidine rings is 1. The summed E-state index contributed by atoms with van der Waals surface area (Å²) in [6.45, 7) is 2.16. The first-order chi connectivity index (χ1) is 16.5. The van der Waals surface area contributed by atoms with Gasteiger partial charge in [0, 0.05) is 23.0 Å². The van der Waals surface area contributed by atoms with Gasteiger partial charge in [-0.3, -0.25) is 14.4 Å². The normalized spacial score (nSPS) is 25.5. The van der Waals surface area contributed by atoms with Gasteiger partial charge in [0.1, 0.15) is 34.7 Å². The van der Waals surface area contributed by atoms with Gasteiger partial charge in [-0.2, -0.15) is 13.2 Å². The van der Waals surface area contributed by atoms with Gasteiger partial charge in [0.05, 0.1) is 5.41 Å². The van der Waals surface area contributed by atoms with Crippen LogP contribution in [0, 0.1) is 0 Å². The van der Waals surface area contributed by atoms with Gasteiger partial charge < -0.3 is 15.5 Å². The molecule has 3 amide bonds. The van der Waals surface area contributed by atoms with E-state index in [0.29, 0.717) is 23.6 Å². The summed E-state index contributed by atoms with van der Waals surface area (Å²) in [5.41, 5.74) is 2.11. The zero-order chi connectivity index (χ0) is 25.1. The van der Waals surface area contributed by atoms with Gasteiger partial charge in [0.2, 0.25) is 11.8 Å². The number of amides is 3. The van der Waals surface area contributed by atoms with Crippen LogP contribution >= 0.6 is 0 Å². The molecule has 11 heteroatoms. The van der Waals surface area contributed by atoms with E-state index in [9.17, 15) is 27.6 Å². The Morgan fingerprint density at radius 2 is 2.00 bits per heavy atom. The molecule has 2 aliphatic heterocycles. The van der Waals surface area contributed by atoms with Gasteiger partial charge in [0.15, 0.2) is 0 Å². The number of rotatable bonds is 3. The van der Waals surface area contributed by atoms with Crippen LogP contribution in [-0.4, -0.2) is 62.7 Å². The number of nitrogens with zero attached hydrogens (tertiary/aromatic N) is 2. The molecule has 2 aromatic rings. The Morgan fingerprint density at radius 3 is 2.74 bits per heavy atom. The van der Waals surface area contributed by atoms with Crippen LogP contribution in [0.15, 0.2) is 48.8 Å². The molecule has 0 unspecified atom stereocenters. The zero-order valence-electron chi connectivity index (χ0n) is 18.5. The van der Waals surface area contributed by atoms with Crippen LogP contribution < -0.4 is 10.6 Å². The lowest BCUT2D eigenvalue weighted by atomic mass is 9.79. The van der Waals surface area contributed by atoms with E-state index < -0.39 is 40.8 Å². The lowest BCUT2D eigenvalue weighted by Gasteiger charge is -2.39. The van der Waals surface area contributed by atoms with E-state index in [-0.39, 0.29) is 23.6 Å². The van der Waals surface area contributed by atoms with Crippen LogP contribution in [-0.2, 0) is 27.8 Å². The predicted octanol–water partition coefficient (Wildman–Crippen LogP) is 2.43. The fraction of sp³-hybridized carbons (Fsp3) is 0.333. The molecule has 2 N–H and O–H groups in total. The second-order valence-electron chi connectivity index (χ2n) is 9.17. The molecule has 3 heterocycles. The SMILES string of the molecule is C=C1[C@H]([Al])C[C@H](NC(=O)c2ccc3c(c2)C[C@@]2(C3)C(=O)Nc3ncccc32)C(=O)N1CC(F)(F)F. The van der Waals surface area contributed by atoms with Crippen LogP contribution in [0.4, 0.5) is 19.0 Å². The molecule has 0 bridgehead atoms. The average molecular weight is 496 g/mol. The lowest BCUT2D eigenvalue weighted by molar-refractivity contribution is -0.160. The van der Waals surface area contributed by atoms with Crippen LogP contribution in [0.1, 0.15) is 33.5 Å². The minimum atomic E-state index is -4.59. The molecule has 178 valence electrons. The molecule has 3 atom stereocenters. The van der Waals surface area contributed by atoms with E-state index >= 15 is 0 Å². The van der Waals surface area contributed by atoms with Crippen molar-refractivity contribution in [2.24, 2.45) is 0 Å². The number of nitrogens with one attached hydrogen (secondary N) is 2. The maximum Gasteiger partial charge on any atom is 0.406 e. The first-order valence-corrected chi connectivity index (χ1v) is 11.7. The second kappa shape index (κ2) is 8.21. The summed E-state index contributed by atoms with van der Waals surface area (Å²) >= 11 is 2.38. The number of benzene rings is 1. The Labute approximate surface area is 207 Å². The van der Waals surface area contributed by atoms with Gasteiger partial charge in [-0.25, -0.2) is 4.98 Å². The van der Waals surface area contributed by atoms with Crippen molar-refractivity contribution < 1.29 is 27.6 Å². The molecular weight excluding hydrogens is 476 g/mol. The zero-order valence-corrected chi connectivity index (χ0v) is 19.6. The van der Waals surface area contributed by atoms with E-state index in [1.165, 1.54) is 0 Å². The second-order valence-corrected chi connectivity index (χ2v) is 9.98. The molecule has 5 rings (SSSR count). The van der Waals surface area contributed by atoms with Crippen LogP contribution in [0.3, 0.4) is 0 Å². The number of pyridine rings is 1. The largest absolute Gasteiger partial charge is 0.406 e. The molecule has 2 radical (unpaired) electrons. The lowest BCUT2D eigenvalue weighted by Crippen LogP contribution is -2.54. The summed E-state index contributed by atoms with van der Waals surface area (Å²) in [7, 11) is 0. The Balaban J connectivity index is 1.35. The Kier molecular flexibility index (Phi) is 5.53. The maximum absolute atomic E-state index is 13.0. The third-order valence-electron chi connectivity index (χ3n) is 6.91. The van der Waals surface area contributed by atoms with Crippen molar-refractivity contribution in [1.82, 2.24) is 15.2 Å². The summed E-state index contributed by atoms with van der Waals surface area (Å²) < 4.78 is 38.4. The van der Waals surface area contributed by atoms with Gasteiger partial charge >= 0.3 is 6.18 Å². The smallest absolute Gasteiger partial charge is 0.340 e. The molecule has 1 aliphatic carbocycles. The van der Waals surface area contributed by atoms with Gasteiger partial charge in [-0.15, -0.1) is 0 Å². The average Bonchev–Trinajstić information content (AvgIpc) is 3.31. The number of hydrogen-bond donors (Lipinski definition) is 2. The van der Waals surface area contributed by atoms with Crippen molar-refractivity contribution >= 4 is 39.8 Å². The summed E-state index contributed by atoms with van der Waals surface area (Å²) in [5, 5.41) is 5.42. The van der Waals surface area contributed by atoms with E-state index in [0.717, 1.165) is 16.7 Å². The number of carbonyl (C=O) groups excluding carboxylic acids is 3. The monoisotopic (exact) mass is 496 g/mol. The van der Waals surface area contributed by atoms with Gasteiger partial charge in [-0.1, -0.05) is 23.5 Å². The number of allylic oxidation sites excluding steroid dienone is 1. The summed E-state index contributed by atoms with van der Waals surface area (Å²) in [5.74, 6) is -1.01. The molecule has 7 nitrogen and oxygen atoms in total. The standard InChI is InChI=1S/C24H20F3N4O3.Al/c1-13-4-7-18(21(33)31(13)12-24(25,26)27)29-20(32)14-5-6-15-10-23(11-16(15)9-14)17-3-2-8-28-19(17)30-22(23)34;/h2-6,8-9,18H,1,7,10-12H2,(H,29,32)(H,28,30,34);/t18-,23+;/m0./s1. The quantitative estimate of drug-likeness (QED) is 0.639. The van der Waals surface area contributed by atoms with E-state index in [4.69, 9.17) is 0 Å². The van der Waals surface area contributed by atoms with Crippen LogP contribution in [0.5, 0.6) is 0 Å². The van der Waals surface area contributed by atoms with Crippen LogP contribution in [0.25, 0.3) is 0 Å². The van der Waals surface area contributed by atoms with Crippen molar-refractivity contribution in [3.63, 3.8) is 0 Å². The molecule has 1 saturated heterocycles. The minimum absolute atomic E-state index is 0.0512. The van der Waals surface area contributed by atoms with E-state index in [1.54, 1.807) is 30.5 Å². The number of aromatic nitrogens is 1. The predicted molar refractivity (Wildman–Crippen MR) is 121 cm³/mol. The highest BCUT2D eigenvalue weighted by Crippen LogP contribution is 2.46. The number of likely N-dealkylation sites (tertiary alicyclic amines) is 1. The molecular formula is C24H20AlF3N4O3. The molecule has 3 aliphatic rings. The fourth-order valence-electron chi connectivity index (χ4n) is 5.15. The van der Waals surface area contributed by atoms with E-state index in [1.807, 2.05) is 6.07 Å². The highest BCUT2D eigenvalue weighted by Gasteiger charge is 2.51. The van der Waals surface area contributed by atoms with Gasteiger partial charge in [-0.05, 0) is 48.6 Å². The fourth-order valence-corrected chi connectivity index (χ4v) is 5.60. The van der Waals surface area contributed by atoms with Crippen molar-refractivity contribution in [1.29, 1.82) is 0 Å². The summed E-state index contributed by atoms with van der Waals surface area (Å²) in [4.78, 5) is 43.4. The Morgan fingerprint density at radius 1 is 1.26 bits per heavy atom. The molecule has 0 saturated carbocycles. The number of anilines is 1. The number of fused-ring (bicyclic) bond motifs is 3. The van der Waals surface area contributed by atoms with Crippen LogP contribution in [0.2, 0.25) is 4.78 Å². The molecule has 1 spiro atoms. The molecule has 1 aromatic heterocycles. The number of hydrogen-bond acceptors (Lipinski definition) is 4. The first kappa shape index (κ1) is 23.6. The Bertz CT molecular complexity index is 1280. The molecule has 35 heavy (non-hydrogen) atoms. The topological polar surface area (TPSA) is 91.4 Å². The molecule has 1 fully saturated rings. The third kappa shape index (κ3) is 4.02. The van der Waals surface area contributed by atoms with Crippen molar-refractivity contribution in [3.05, 3.63) is 71.1 Å². The van der Waals surface area contributed by atoms with Crippen molar-refractivity contribution in [3.8, 4) is 0 Å². The summed E-state index contributed by atoms with van der Waals surface area (Å²) in [6, 6.07) is 7.59. The number of carbonyl (C=O) groups is 3. The minimum Gasteiger partial charge on any atom is -0.340 e. The maximum atomic E-state index is 13.0. The number of halogens is 3. The third-order valence-corrected chi connectivity index (χ3v) is 7.57. The molecule has 1 aromatic carbocycles. The first-order valence-electron chi connectivity index (χ1n) is 11.0. The van der Waals surface area contributed by atoms with Gasteiger partial charge in [0.25, 0.3) is 5.91 Å². The van der Waals surface area contributed by atoms with Crippen molar-refractivity contribution in [2.75, 3.05) is 11.9 Å². The highest BCUT2D eigenvalue weighted by molar-refractivity contribution is 6.15. The summed E-state index contributed by atoms with van der Waals surface area (Å²) in [6.07, 6.45) is -1.99. The Hall–Kier alpha value is -3.16.